The van der Waals surface area contributed by atoms with Crippen molar-refractivity contribution in [1.82, 2.24) is 4.90 Å². The van der Waals surface area contributed by atoms with Crippen LogP contribution in [0.25, 0.3) is 0 Å². The molecule has 0 aliphatic rings. The Hall–Kier alpha value is -1.15. The molecule has 0 spiro atoms. The highest BCUT2D eigenvalue weighted by molar-refractivity contribution is 5.77. The fourth-order valence-corrected chi connectivity index (χ4v) is 2.38. The Morgan fingerprint density at radius 1 is 1.05 bits per heavy atom. The third-order valence-electron chi connectivity index (χ3n) is 3.47. The van der Waals surface area contributed by atoms with E-state index >= 15 is 0 Å². The average molecular weight is 260 g/mol. The summed E-state index contributed by atoms with van der Waals surface area (Å²) in [6, 6.07) is 7.78. The number of benzene rings is 1. The minimum atomic E-state index is 0.727. The number of carbonyl (C=O) groups excluding carboxylic acids is 1. The van der Waals surface area contributed by atoms with Crippen LogP contribution in [-0.4, -0.2) is 31.3 Å². The summed E-state index contributed by atoms with van der Waals surface area (Å²) >= 11 is 0. The molecular weight excluding hydrogens is 234 g/mol. The maximum absolute atomic E-state index is 10.8. The molecule has 0 heterocycles. The summed E-state index contributed by atoms with van der Waals surface area (Å²) in [5.74, 6) is 0. The quantitative estimate of drug-likeness (QED) is 0.599. The molecule has 0 saturated carbocycles. The summed E-state index contributed by atoms with van der Waals surface area (Å²) in [5.41, 5.74) is 1.87. The van der Waals surface area contributed by atoms with Crippen molar-refractivity contribution < 1.29 is 4.79 Å². The molecule has 2 heteroatoms. The largest absolute Gasteiger partial charge is 0.306 e. The van der Waals surface area contributed by atoms with Gasteiger partial charge < -0.3 is 4.90 Å². The maximum atomic E-state index is 10.8. The predicted octanol–water partition coefficient (Wildman–Crippen LogP) is 3.59. The molecule has 0 fully saturated rings. The van der Waals surface area contributed by atoms with Gasteiger partial charge in [0.1, 0.15) is 0 Å². The van der Waals surface area contributed by atoms with Crippen LogP contribution in [0.2, 0.25) is 0 Å². The lowest BCUT2D eigenvalue weighted by atomic mass is 10.0. The van der Waals surface area contributed by atoms with Crippen LogP contribution in [-0.2, 0) is 11.2 Å². The van der Waals surface area contributed by atoms with Crippen LogP contribution in [0.4, 0.5) is 0 Å². The number of hydrogen-bond donors (Lipinski definition) is 0. The molecule has 0 amide bonds. The predicted molar refractivity (Wildman–Crippen MR) is 81.2 cm³/mol. The molecule has 19 heavy (non-hydrogen) atoms. The summed E-state index contributed by atoms with van der Waals surface area (Å²) in [7, 11) is 2.19. The Kier molecular flexibility index (Phi) is 8.15. The molecule has 1 aromatic rings. The van der Waals surface area contributed by atoms with Gasteiger partial charge >= 0.3 is 0 Å². The van der Waals surface area contributed by atoms with E-state index in [0.717, 1.165) is 24.0 Å². The lowest BCUT2D eigenvalue weighted by molar-refractivity contribution is 0.324. The molecule has 1 aromatic carbocycles. The van der Waals surface area contributed by atoms with Crippen molar-refractivity contribution in [2.24, 2.45) is 0 Å². The van der Waals surface area contributed by atoms with Crippen LogP contribution < -0.4 is 0 Å². The minimum absolute atomic E-state index is 0.727. The van der Waals surface area contributed by atoms with Crippen molar-refractivity contribution in [3.63, 3.8) is 0 Å². The van der Waals surface area contributed by atoms with Gasteiger partial charge in [0, 0.05) is 5.56 Å². The highest BCUT2D eigenvalue weighted by atomic mass is 16.1. The van der Waals surface area contributed by atoms with E-state index in [4.69, 9.17) is 0 Å². The number of aryl methyl sites for hydroxylation is 1. The second-order valence-electron chi connectivity index (χ2n) is 5.23. The first kappa shape index (κ1) is 15.9. The molecule has 0 atom stereocenters. The Labute approximate surface area is 117 Å². The SMILES string of the molecule is CCCN(C)CCCCCCc1ccccc1[C]=O. The van der Waals surface area contributed by atoms with Crippen molar-refractivity contribution in [3.05, 3.63) is 35.4 Å². The summed E-state index contributed by atoms with van der Waals surface area (Å²) < 4.78 is 0. The van der Waals surface area contributed by atoms with Crippen LogP contribution in [0.5, 0.6) is 0 Å². The standard InChI is InChI=1S/C17H26NO/c1-3-13-18(2)14-9-5-4-6-10-16-11-7-8-12-17(16)15-19/h7-8,11-12H,3-6,9-10,13-14H2,1-2H3. The van der Waals surface area contributed by atoms with Crippen LogP contribution >= 0.6 is 0 Å². The molecule has 1 rings (SSSR count). The normalized spacial score (nSPS) is 10.9. The molecular formula is C17H26NO. The van der Waals surface area contributed by atoms with Crippen LogP contribution in [0.3, 0.4) is 0 Å². The van der Waals surface area contributed by atoms with Crippen molar-refractivity contribution in [3.8, 4) is 0 Å². The third kappa shape index (κ3) is 6.53. The molecule has 2 nitrogen and oxygen atoms in total. The lowest BCUT2D eigenvalue weighted by Crippen LogP contribution is -2.20. The molecule has 1 radical (unpaired) electrons. The minimum Gasteiger partial charge on any atom is -0.306 e. The van der Waals surface area contributed by atoms with E-state index in [2.05, 4.69) is 18.9 Å². The summed E-state index contributed by atoms with van der Waals surface area (Å²) in [4.78, 5) is 13.2. The van der Waals surface area contributed by atoms with Crippen molar-refractivity contribution in [2.75, 3.05) is 20.1 Å². The van der Waals surface area contributed by atoms with Gasteiger partial charge in [-0.05, 0) is 51.4 Å². The number of hydrogen-bond acceptors (Lipinski definition) is 2. The Morgan fingerprint density at radius 2 is 1.79 bits per heavy atom. The zero-order chi connectivity index (χ0) is 13.9. The fraction of sp³-hybridized carbons (Fsp3) is 0.588. The van der Waals surface area contributed by atoms with Gasteiger partial charge in [-0.15, -0.1) is 0 Å². The first-order valence-corrected chi connectivity index (χ1v) is 7.42. The lowest BCUT2D eigenvalue weighted by Gasteiger charge is -2.14. The summed E-state index contributed by atoms with van der Waals surface area (Å²) in [5, 5.41) is 0. The molecule has 105 valence electrons. The van der Waals surface area contributed by atoms with E-state index in [1.54, 1.807) is 0 Å². The van der Waals surface area contributed by atoms with Crippen molar-refractivity contribution in [2.45, 2.75) is 45.4 Å². The zero-order valence-electron chi connectivity index (χ0n) is 12.3. The maximum Gasteiger partial charge on any atom is 0.233 e. The number of unbranched alkanes of at least 4 members (excludes halogenated alkanes) is 3. The molecule has 0 aromatic heterocycles. The van der Waals surface area contributed by atoms with Gasteiger partial charge in [-0.2, -0.15) is 0 Å². The van der Waals surface area contributed by atoms with Crippen LogP contribution in [0, 0.1) is 0 Å². The van der Waals surface area contributed by atoms with Gasteiger partial charge in [0.05, 0.1) is 0 Å². The van der Waals surface area contributed by atoms with Gasteiger partial charge in [-0.3, -0.25) is 4.79 Å². The van der Waals surface area contributed by atoms with Gasteiger partial charge in [-0.25, -0.2) is 0 Å². The highest BCUT2D eigenvalue weighted by Gasteiger charge is 2.01. The van der Waals surface area contributed by atoms with Gasteiger partial charge in [0.15, 0.2) is 0 Å². The van der Waals surface area contributed by atoms with E-state index in [9.17, 15) is 4.79 Å². The molecule has 0 bridgehead atoms. The molecule has 0 saturated heterocycles. The Bertz CT molecular complexity index is 362. The molecule has 0 unspecified atom stereocenters. The smallest absolute Gasteiger partial charge is 0.233 e. The Morgan fingerprint density at radius 3 is 2.53 bits per heavy atom. The Balaban J connectivity index is 2.12. The van der Waals surface area contributed by atoms with E-state index in [1.807, 2.05) is 30.6 Å². The topological polar surface area (TPSA) is 20.3 Å². The highest BCUT2D eigenvalue weighted by Crippen LogP contribution is 2.11. The first-order chi connectivity index (χ1) is 9.27. The van der Waals surface area contributed by atoms with Gasteiger partial charge in [0.25, 0.3) is 0 Å². The van der Waals surface area contributed by atoms with Gasteiger partial charge in [0.2, 0.25) is 6.29 Å². The van der Waals surface area contributed by atoms with Crippen molar-refractivity contribution >= 4 is 6.29 Å². The second kappa shape index (κ2) is 9.74. The van der Waals surface area contributed by atoms with E-state index in [0.29, 0.717) is 0 Å². The zero-order valence-corrected chi connectivity index (χ0v) is 12.3. The average Bonchev–Trinajstić information content (AvgIpc) is 2.43. The summed E-state index contributed by atoms with van der Waals surface area (Å²) in [6.07, 6.45) is 9.21. The third-order valence-corrected chi connectivity index (χ3v) is 3.47. The van der Waals surface area contributed by atoms with Crippen LogP contribution in [0.15, 0.2) is 24.3 Å². The van der Waals surface area contributed by atoms with Gasteiger partial charge in [-0.1, -0.05) is 44.0 Å². The van der Waals surface area contributed by atoms with E-state index in [-0.39, 0.29) is 0 Å². The first-order valence-electron chi connectivity index (χ1n) is 7.42. The van der Waals surface area contributed by atoms with Crippen molar-refractivity contribution in [1.29, 1.82) is 0 Å². The van der Waals surface area contributed by atoms with Crippen LogP contribution in [0.1, 0.15) is 50.2 Å². The molecule has 0 aliphatic heterocycles. The number of rotatable bonds is 10. The fourth-order valence-electron chi connectivity index (χ4n) is 2.38. The van der Waals surface area contributed by atoms with E-state index < -0.39 is 0 Å². The molecule has 0 N–H and O–H groups in total. The van der Waals surface area contributed by atoms with E-state index in [1.165, 1.54) is 38.8 Å². The second-order valence-corrected chi connectivity index (χ2v) is 5.23. The molecule has 0 aliphatic carbocycles. The summed E-state index contributed by atoms with van der Waals surface area (Å²) in [6.45, 7) is 4.62. The number of nitrogens with zero attached hydrogens (tertiary/aromatic N) is 1. The monoisotopic (exact) mass is 260 g/mol.